The van der Waals surface area contributed by atoms with Crippen LogP contribution in [-0.2, 0) is 17.7 Å². The van der Waals surface area contributed by atoms with Gasteiger partial charge in [-0.2, -0.15) is 0 Å². The lowest BCUT2D eigenvalue weighted by Crippen LogP contribution is -2.41. The highest BCUT2D eigenvalue weighted by atomic mass is 32.1. The van der Waals surface area contributed by atoms with Crippen LogP contribution in [0.25, 0.3) is 0 Å². The molecular weight excluding hydrogens is 288 g/mol. The monoisotopic (exact) mass is 308 g/mol. The Morgan fingerprint density at radius 1 is 1.48 bits per heavy atom. The van der Waals surface area contributed by atoms with E-state index in [0.29, 0.717) is 26.2 Å². The number of furan rings is 1. The molecule has 2 aromatic heterocycles. The molecule has 2 rings (SSSR count). The van der Waals surface area contributed by atoms with Crippen LogP contribution in [0.3, 0.4) is 0 Å². The Kier molecular flexibility index (Phi) is 6.30. The molecule has 2 amide bonds. The first-order valence-corrected chi connectivity index (χ1v) is 7.72. The number of nitrogens with zero attached hydrogens (tertiary/aromatic N) is 1. The molecule has 0 bridgehead atoms. The highest BCUT2D eigenvalue weighted by Gasteiger charge is 2.14. The zero-order chi connectivity index (χ0) is 14.9. The summed E-state index contributed by atoms with van der Waals surface area (Å²) in [5.41, 5.74) is 0.989. The molecule has 5 nitrogen and oxygen atoms in total. The summed E-state index contributed by atoms with van der Waals surface area (Å²) >= 11 is 1.71. The number of ether oxygens (including phenoxy) is 1. The molecule has 0 atom stereocenters. The second kappa shape index (κ2) is 8.49. The van der Waals surface area contributed by atoms with Gasteiger partial charge in [0.05, 0.1) is 25.7 Å². The minimum atomic E-state index is -0.0789. The van der Waals surface area contributed by atoms with Crippen molar-refractivity contribution in [2.24, 2.45) is 0 Å². The minimum Gasteiger partial charge on any atom is -0.472 e. The predicted octanol–water partition coefficient (Wildman–Crippen LogP) is 2.74. The van der Waals surface area contributed by atoms with Gasteiger partial charge in [0.15, 0.2) is 0 Å². The van der Waals surface area contributed by atoms with Gasteiger partial charge in [-0.05, 0) is 23.9 Å². The van der Waals surface area contributed by atoms with Gasteiger partial charge >= 0.3 is 6.03 Å². The van der Waals surface area contributed by atoms with Crippen molar-refractivity contribution >= 4 is 17.4 Å². The number of amides is 2. The van der Waals surface area contributed by atoms with Gasteiger partial charge in [-0.1, -0.05) is 6.07 Å². The van der Waals surface area contributed by atoms with Gasteiger partial charge < -0.3 is 19.4 Å². The molecule has 0 spiro atoms. The van der Waals surface area contributed by atoms with Gasteiger partial charge in [0.1, 0.15) is 0 Å². The maximum absolute atomic E-state index is 12.2. The molecule has 21 heavy (non-hydrogen) atoms. The van der Waals surface area contributed by atoms with E-state index < -0.39 is 0 Å². The van der Waals surface area contributed by atoms with E-state index in [1.807, 2.05) is 12.1 Å². The molecule has 2 heterocycles. The third-order valence-corrected chi connectivity index (χ3v) is 3.97. The molecule has 2 aromatic rings. The smallest absolute Gasteiger partial charge is 0.317 e. The Labute approximate surface area is 128 Å². The number of rotatable bonds is 8. The highest BCUT2D eigenvalue weighted by molar-refractivity contribution is 7.09. The first kappa shape index (κ1) is 15.6. The van der Waals surface area contributed by atoms with Crippen molar-refractivity contribution in [2.75, 3.05) is 26.8 Å². The van der Waals surface area contributed by atoms with Crippen LogP contribution >= 0.6 is 11.3 Å². The fraction of sp³-hybridized carbons (Fsp3) is 0.400. The molecule has 0 aromatic carbocycles. The molecule has 0 aliphatic heterocycles. The van der Waals surface area contributed by atoms with E-state index in [1.165, 1.54) is 4.88 Å². The van der Waals surface area contributed by atoms with Gasteiger partial charge in [0, 0.05) is 30.6 Å². The van der Waals surface area contributed by atoms with Crippen LogP contribution < -0.4 is 5.32 Å². The summed E-state index contributed by atoms with van der Waals surface area (Å²) in [4.78, 5) is 15.3. The average molecular weight is 308 g/mol. The van der Waals surface area contributed by atoms with E-state index >= 15 is 0 Å². The van der Waals surface area contributed by atoms with Gasteiger partial charge in [0.25, 0.3) is 0 Å². The van der Waals surface area contributed by atoms with Crippen molar-refractivity contribution in [2.45, 2.75) is 13.0 Å². The van der Waals surface area contributed by atoms with Crippen LogP contribution in [0.1, 0.15) is 10.4 Å². The normalized spacial score (nSPS) is 10.5. The molecule has 0 saturated heterocycles. The number of urea groups is 1. The zero-order valence-electron chi connectivity index (χ0n) is 12.1. The van der Waals surface area contributed by atoms with Crippen LogP contribution in [0.4, 0.5) is 4.79 Å². The van der Waals surface area contributed by atoms with E-state index in [9.17, 15) is 4.79 Å². The third kappa shape index (κ3) is 5.24. The Hall–Kier alpha value is -1.79. The minimum absolute atomic E-state index is 0.0789. The van der Waals surface area contributed by atoms with Crippen molar-refractivity contribution in [3.8, 4) is 0 Å². The SMILES string of the molecule is COCCNC(=O)N(CCc1cccs1)Cc1ccoc1. The van der Waals surface area contributed by atoms with Crippen LogP contribution in [0.2, 0.25) is 0 Å². The van der Waals surface area contributed by atoms with Gasteiger partial charge in [-0.3, -0.25) is 0 Å². The first-order chi connectivity index (χ1) is 10.3. The van der Waals surface area contributed by atoms with Crippen LogP contribution in [0.15, 0.2) is 40.5 Å². The number of thiophene rings is 1. The second-order valence-corrected chi connectivity index (χ2v) is 5.64. The van der Waals surface area contributed by atoms with Crippen molar-refractivity contribution in [1.29, 1.82) is 0 Å². The van der Waals surface area contributed by atoms with Crippen LogP contribution in [0.5, 0.6) is 0 Å². The number of methoxy groups -OCH3 is 1. The van der Waals surface area contributed by atoms with E-state index in [4.69, 9.17) is 9.15 Å². The van der Waals surface area contributed by atoms with Crippen molar-refractivity contribution < 1.29 is 13.9 Å². The molecule has 0 fully saturated rings. The summed E-state index contributed by atoms with van der Waals surface area (Å²) in [6.07, 6.45) is 4.14. The van der Waals surface area contributed by atoms with Crippen molar-refractivity contribution in [3.63, 3.8) is 0 Å². The van der Waals surface area contributed by atoms with E-state index in [0.717, 1.165) is 12.0 Å². The van der Waals surface area contributed by atoms with E-state index in [-0.39, 0.29) is 6.03 Å². The van der Waals surface area contributed by atoms with E-state index in [1.54, 1.807) is 35.9 Å². The Morgan fingerprint density at radius 3 is 3.05 bits per heavy atom. The Bertz CT molecular complexity index is 511. The van der Waals surface area contributed by atoms with Crippen LogP contribution in [-0.4, -0.2) is 37.7 Å². The number of carbonyl (C=O) groups is 1. The second-order valence-electron chi connectivity index (χ2n) is 4.61. The number of nitrogens with one attached hydrogen (secondary N) is 1. The summed E-state index contributed by atoms with van der Waals surface area (Å²) in [5.74, 6) is 0. The molecule has 114 valence electrons. The number of hydrogen-bond acceptors (Lipinski definition) is 4. The molecule has 0 saturated carbocycles. The highest BCUT2D eigenvalue weighted by Crippen LogP contribution is 2.12. The molecule has 1 N–H and O–H groups in total. The van der Waals surface area contributed by atoms with Crippen molar-refractivity contribution in [3.05, 3.63) is 46.5 Å². The fourth-order valence-corrected chi connectivity index (χ4v) is 2.63. The summed E-state index contributed by atoms with van der Waals surface area (Å²) in [5, 5.41) is 4.91. The summed E-state index contributed by atoms with van der Waals surface area (Å²) in [6, 6.07) is 5.91. The lowest BCUT2D eigenvalue weighted by molar-refractivity contribution is 0.178. The maximum Gasteiger partial charge on any atom is 0.317 e. The Morgan fingerprint density at radius 2 is 2.38 bits per heavy atom. The zero-order valence-corrected chi connectivity index (χ0v) is 12.9. The topological polar surface area (TPSA) is 54.7 Å². The largest absolute Gasteiger partial charge is 0.472 e. The molecule has 6 heteroatoms. The van der Waals surface area contributed by atoms with Crippen LogP contribution in [0, 0.1) is 0 Å². The van der Waals surface area contributed by atoms with Crippen molar-refractivity contribution in [1.82, 2.24) is 10.2 Å². The predicted molar refractivity (Wildman–Crippen MR) is 82.4 cm³/mol. The lowest BCUT2D eigenvalue weighted by atomic mass is 10.3. The van der Waals surface area contributed by atoms with Gasteiger partial charge in [-0.25, -0.2) is 4.79 Å². The quantitative estimate of drug-likeness (QED) is 0.763. The lowest BCUT2D eigenvalue weighted by Gasteiger charge is -2.22. The van der Waals surface area contributed by atoms with Gasteiger partial charge in [0.2, 0.25) is 0 Å². The van der Waals surface area contributed by atoms with Gasteiger partial charge in [-0.15, -0.1) is 11.3 Å². The summed E-state index contributed by atoms with van der Waals surface area (Å²) in [6.45, 7) is 2.23. The standard InChI is InChI=1S/C15H20N2O3S/c1-19-9-6-16-15(18)17(11-13-5-8-20-12-13)7-4-14-3-2-10-21-14/h2-3,5,8,10,12H,4,6-7,9,11H2,1H3,(H,16,18). The number of hydrogen-bond donors (Lipinski definition) is 1. The molecule has 0 unspecified atom stereocenters. The molecular formula is C15H20N2O3S. The molecule has 0 aliphatic carbocycles. The third-order valence-electron chi connectivity index (χ3n) is 3.03. The molecule has 0 aliphatic rings. The average Bonchev–Trinajstić information content (AvgIpc) is 3.17. The summed E-state index contributed by atoms with van der Waals surface area (Å²) < 4.78 is 10.0. The fourth-order valence-electron chi connectivity index (χ4n) is 1.93. The summed E-state index contributed by atoms with van der Waals surface area (Å²) in [7, 11) is 1.62. The Balaban J connectivity index is 1.90. The maximum atomic E-state index is 12.2. The van der Waals surface area contributed by atoms with E-state index in [2.05, 4.69) is 16.8 Å². The number of carbonyl (C=O) groups excluding carboxylic acids is 1. The molecule has 0 radical (unpaired) electrons. The first-order valence-electron chi connectivity index (χ1n) is 6.85.